The van der Waals surface area contributed by atoms with E-state index in [9.17, 15) is 9.90 Å². The van der Waals surface area contributed by atoms with Gasteiger partial charge in [-0.1, -0.05) is 62.3 Å². The van der Waals surface area contributed by atoms with Crippen molar-refractivity contribution in [3.05, 3.63) is 0 Å². The molecule has 0 aromatic heterocycles. The highest BCUT2D eigenvalue weighted by atomic mass is 32.2. The molecule has 2 N–H and O–H groups in total. The topological polar surface area (TPSA) is 49.3 Å². The summed E-state index contributed by atoms with van der Waals surface area (Å²) >= 11 is 2.07. The Hall–Kier alpha value is -0.220. The fourth-order valence-corrected chi connectivity index (χ4v) is 8.47. The zero-order valence-corrected chi connectivity index (χ0v) is 22.3. The second-order valence-corrected chi connectivity index (χ2v) is 14.2. The van der Waals surface area contributed by atoms with E-state index in [0.717, 1.165) is 37.9 Å². The van der Waals surface area contributed by atoms with Crippen LogP contribution in [0.5, 0.6) is 0 Å². The molecule has 2 aliphatic rings. The highest BCUT2D eigenvalue weighted by molar-refractivity contribution is 7.99. The van der Waals surface area contributed by atoms with Crippen molar-refractivity contribution in [1.29, 1.82) is 0 Å². The summed E-state index contributed by atoms with van der Waals surface area (Å²) in [4.78, 5) is 14.0. The van der Waals surface area contributed by atoms with Crippen molar-refractivity contribution in [2.75, 3.05) is 11.5 Å². The van der Waals surface area contributed by atoms with E-state index in [1.807, 2.05) is 13.8 Å². The maximum absolute atomic E-state index is 14.0. The Kier molecular flexibility index (Phi) is 7.19. The van der Waals surface area contributed by atoms with Gasteiger partial charge in [-0.25, -0.2) is 0 Å². The molecule has 3 nitrogen and oxygen atoms in total. The van der Waals surface area contributed by atoms with E-state index in [1.54, 1.807) is 0 Å². The van der Waals surface area contributed by atoms with Crippen LogP contribution in [0.3, 0.4) is 0 Å². The van der Waals surface area contributed by atoms with Crippen LogP contribution in [0.25, 0.3) is 0 Å². The maximum Gasteiger partial charge on any atom is 0.227 e. The maximum atomic E-state index is 14.0. The minimum atomic E-state index is -0.704. The van der Waals surface area contributed by atoms with Gasteiger partial charge in [-0.15, -0.1) is 0 Å². The highest BCUT2D eigenvalue weighted by Crippen LogP contribution is 2.64. The molecule has 0 aliphatic carbocycles. The van der Waals surface area contributed by atoms with E-state index in [1.165, 1.54) is 5.75 Å². The Balaban J connectivity index is 2.52. The van der Waals surface area contributed by atoms with Crippen LogP contribution in [0.4, 0.5) is 0 Å². The molecule has 4 atom stereocenters. The zero-order chi connectivity index (χ0) is 23.2. The van der Waals surface area contributed by atoms with E-state index in [0.29, 0.717) is 6.42 Å². The van der Waals surface area contributed by atoms with Crippen molar-refractivity contribution in [1.82, 2.24) is 5.32 Å². The summed E-state index contributed by atoms with van der Waals surface area (Å²) in [7, 11) is 0. The first-order valence-electron chi connectivity index (χ1n) is 12.1. The van der Waals surface area contributed by atoms with Gasteiger partial charge in [0.25, 0.3) is 0 Å². The van der Waals surface area contributed by atoms with Gasteiger partial charge in [0.1, 0.15) is 0 Å². The van der Waals surface area contributed by atoms with Crippen LogP contribution >= 0.6 is 11.8 Å². The largest absolute Gasteiger partial charge is 0.390 e. The zero-order valence-electron chi connectivity index (χ0n) is 21.5. The van der Waals surface area contributed by atoms with Crippen LogP contribution in [0.2, 0.25) is 0 Å². The first-order chi connectivity index (χ1) is 13.5. The number of rotatable bonds is 5. The van der Waals surface area contributed by atoms with Gasteiger partial charge in [-0.3, -0.25) is 4.79 Å². The van der Waals surface area contributed by atoms with Gasteiger partial charge in [0.05, 0.1) is 11.0 Å². The number of hydrogen-bond donors (Lipinski definition) is 2. The predicted molar refractivity (Wildman–Crippen MR) is 131 cm³/mol. The van der Waals surface area contributed by atoms with Crippen LogP contribution in [0.1, 0.15) is 108 Å². The smallest absolute Gasteiger partial charge is 0.227 e. The number of carbonyl (C=O) groups excluding carboxylic acids is 1. The molecular weight excluding hydrogens is 390 g/mol. The normalized spacial score (nSPS) is 36.5. The van der Waals surface area contributed by atoms with E-state index in [4.69, 9.17) is 0 Å². The number of amides is 1. The molecule has 2 rings (SSSR count). The lowest BCUT2D eigenvalue weighted by Crippen LogP contribution is -2.54. The van der Waals surface area contributed by atoms with Crippen LogP contribution in [-0.4, -0.2) is 34.2 Å². The molecule has 2 saturated heterocycles. The average Bonchev–Trinajstić information content (AvgIpc) is 2.98. The molecule has 0 aromatic rings. The molecule has 4 unspecified atom stereocenters. The Labute approximate surface area is 190 Å². The SMILES string of the molecule is CCC(C)(O)CC(C)(C)C1CC2(C(=O)N1)C(C)(C)CCSCC(C)(CC)CC2(C)C. The van der Waals surface area contributed by atoms with E-state index in [2.05, 4.69) is 72.5 Å². The molecule has 2 heterocycles. The minimum Gasteiger partial charge on any atom is -0.390 e. The molecule has 0 radical (unpaired) electrons. The molecule has 0 bridgehead atoms. The molecule has 0 saturated carbocycles. The molecule has 0 aromatic carbocycles. The van der Waals surface area contributed by atoms with Crippen LogP contribution in [0.15, 0.2) is 0 Å². The Bertz CT molecular complexity index is 639. The second kappa shape index (κ2) is 8.28. The molecule has 176 valence electrons. The van der Waals surface area contributed by atoms with Crippen molar-refractivity contribution in [2.24, 2.45) is 27.1 Å². The summed E-state index contributed by atoms with van der Waals surface area (Å²) < 4.78 is 0. The lowest BCUT2D eigenvalue weighted by Gasteiger charge is -2.54. The fraction of sp³-hybridized carbons (Fsp3) is 0.962. The second-order valence-electron chi connectivity index (χ2n) is 13.1. The lowest BCUT2D eigenvalue weighted by atomic mass is 9.47. The quantitative estimate of drug-likeness (QED) is 0.518. The summed E-state index contributed by atoms with van der Waals surface area (Å²) in [6, 6.07) is 0.0860. The number of aliphatic hydroxyl groups is 1. The minimum absolute atomic E-state index is 0.0787. The van der Waals surface area contributed by atoms with E-state index < -0.39 is 11.0 Å². The Morgan fingerprint density at radius 3 is 2.23 bits per heavy atom. The average molecular weight is 440 g/mol. The van der Waals surface area contributed by atoms with Crippen molar-refractivity contribution >= 4 is 17.7 Å². The standard InChI is InChI=1S/C26H49NO2S/c1-11-24(9)17-23(7,8)26(22(5,6)13-14-30-18-24)15-19(27-20(26)28)21(3,4)16-25(10,29)12-2/h19,29H,11-18H2,1-10H3,(H,27,28). The predicted octanol–water partition coefficient (Wildman–Crippen LogP) is 6.43. The summed E-state index contributed by atoms with van der Waals surface area (Å²) in [5.41, 5.74) is -1.20. The Morgan fingerprint density at radius 2 is 1.70 bits per heavy atom. The number of hydrogen-bond acceptors (Lipinski definition) is 3. The van der Waals surface area contributed by atoms with Gasteiger partial charge in [0.2, 0.25) is 5.91 Å². The van der Waals surface area contributed by atoms with Crippen LogP contribution in [-0.2, 0) is 4.79 Å². The number of nitrogens with one attached hydrogen (secondary N) is 1. The number of thioether (sulfide) groups is 1. The molecule has 2 fully saturated rings. The third-order valence-electron chi connectivity index (χ3n) is 9.10. The van der Waals surface area contributed by atoms with Gasteiger partial charge < -0.3 is 10.4 Å². The Morgan fingerprint density at radius 1 is 1.10 bits per heavy atom. The van der Waals surface area contributed by atoms with Crippen LogP contribution in [0, 0.1) is 27.1 Å². The molecule has 30 heavy (non-hydrogen) atoms. The van der Waals surface area contributed by atoms with Crippen molar-refractivity contribution in [3.63, 3.8) is 0 Å². The summed E-state index contributed by atoms with van der Waals surface area (Å²) in [6.07, 6.45) is 5.57. The van der Waals surface area contributed by atoms with Crippen LogP contribution < -0.4 is 5.32 Å². The summed E-state index contributed by atoms with van der Waals surface area (Å²) in [6.45, 7) is 22.5. The summed E-state index contributed by atoms with van der Waals surface area (Å²) in [5.74, 6) is 2.54. The van der Waals surface area contributed by atoms with Gasteiger partial charge in [-0.2, -0.15) is 11.8 Å². The van der Waals surface area contributed by atoms with Gasteiger partial charge >= 0.3 is 0 Å². The number of carbonyl (C=O) groups is 1. The fourth-order valence-electron chi connectivity index (χ4n) is 6.87. The summed E-state index contributed by atoms with van der Waals surface area (Å²) in [5, 5.41) is 14.3. The first kappa shape index (κ1) is 26.0. The van der Waals surface area contributed by atoms with Crippen molar-refractivity contribution < 1.29 is 9.90 Å². The van der Waals surface area contributed by atoms with E-state index in [-0.39, 0.29) is 33.6 Å². The molecule has 1 spiro atoms. The first-order valence-corrected chi connectivity index (χ1v) is 13.2. The van der Waals surface area contributed by atoms with Gasteiger partial charge in [-0.05, 0) is 78.6 Å². The van der Waals surface area contributed by atoms with Gasteiger partial charge in [0, 0.05) is 6.04 Å². The molecule has 1 amide bonds. The highest BCUT2D eigenvalue weighted by Gasteiger charge is 2.65. The third-order valence-corrected chi connectivity index (χ3v) is 10.5. The molecular formula is C26H49NO2S. The monoisotopic (exact) mass is 439 g/mol. The lowest BCUT2D eigenvalue weighted by molar-refractivity contribution is -0.149. The van der Waals surface area contributed by atoms with Crippen molar-refractivity contribution in [2.45, 2.75) is 119 Å². The third kappa shape index (κ3) is 4.60. The van der Waals surface area contributed by atoms with E-state index >= 15 is 0 Å². The molecule has 2 aliphatic heterocycles. The van der Waals surface area contributed by atoms with Crippen molar-refractivity contribution in [3.8, 4) is 0 Å². The van der Waals surface area contributed by atoms with Gasteiger partial charge in [0.15, 0.2) is 0 Å². The molecule has 4 heteroatoms.